The number of hydrogen-bond donors (Lipinski definition) is 1. The fourth-order valence-corrected chi connectivity index (χ4v) is 5.97. The number of esters is 1. The van der Waals surface area contributed by atoms with E-state index in [2.05, 4.69) is 11.0 Å². The third-order valence-corrected chi connectivity index (χ3v) is 7.27. The average molecular weight is 474 g/mol. The summed E-state index contributed by atoms with van der Waals surface area (Å²) in [7, 11) is 1.58. The van der Waals surface area contributed by atoms with E-state index in [1.165, 1.54) is 0 Å². The topological polar surface area (TPSA) is 104 Å². The van der Waals surface area contributed by atoms with E-state index in [4.69, 9.17) is 23.7 Å². The molecule has 1 N–H and O–H groups in total. The molecule has 1 aromatic carbocycles. The van der Waals surface area contributed by atoms with E-state index in [9.17, 15) is 14.7 Å². The van der Waals surface area contributed by atoms with Crippen LogP contribution >= 0.6 is 0 Å². The molecule has 4 atom stereocenters. The molecule has 0 radical (unpaired) electrons. The molecule has 9 heteroatoms. The van der Waals surface area contributed by atoms with Gasteiger partial charge in [0.1, 0.15) is 5.76 Å². The second-order valence-corrected chi connectivity index (χ2v) is 9.59. The summed E-state index contributed by atoms with van der Waals surface area (Å²) >= 11 is 0. The molecule has 3 aliphatic heterocycles. The summed E-state index contributed by atoms with van der Waals surface area (Å²) in [4.78, 5) is 27.1. The molecule has 1 aliphatic carbocycles. The largest absolute Gasteiger partial charge is 0.497 e. The lowest BCUT2D eigenvalue weighted by Crippen LogP contribution is -2.48. The van der Waals surface area contributed by atoms with Gasteiger partial charge in [0.05, 0.1) is 31.1 Å². The van der Waals surface area contributed by atoms with Gasteiger partial charge in [0.15, 0.2) is 23.7 Å². The van der Waals surface area contributed by atoms with Crippen molar-refractivity contribution >= 4 is 11.9 Å². The third kappa shape index (κ3) is 3.80. The van der Waals surface area contributed by atoms with Gasteiger partial charge in [0.2, 0.25) is 6.79 Å². The van der Waals surface area contributed by atoms with E-state index in [-0.39, 0.29) is 24.4 Å². The number of carbonyl (C=O) groups excluding carboxylic acids is 1. The van der Waals surface area contributed by atoms with Crippen LogP contribution in [0.2, 0.25) is 0 Å². The van der Waals surface area contributed by atoms with Gasteiger partial charge in [0, 0.05) is 6.54 Å². The molecule has 0 saturated carbocycles. The van der Waals surface area contributed by atoms with Crippen molar-refractivity contribution < 1.29 is 38.4 Å². The number of fused-ring (bicyclic) bond motifs is 3. The molecule has 5 rings (SSSR count). The number of carboxylic acid groups (broad SMARTS) is 1. The number of aliphatic carboxylic acids is 1. The predicted octanol–water partition coefficient (Wildman–Crippen LogP) is 2.61. The fourth-order valence-electron chi connectivity index (χ4n) is 5.97. The smallest absolute Gasteiger partial charge is 0.336 e. The van der Waals surface area contributed by atoms with Crippen molar-refractivity contribution in [1.29, 1.82) is 0 Å². The Morgan fingerprint density at radius 1 is 1.24 bits per heavy atom. The van der Waals surface area contributed by atoms with Crippen LogP contribution < -0.4 is 9.47 Å². The van der Waals surface area contributed by atoms with Gasteiger partial charge in [-0.15, -0.1) is 0 Å². The molecule has 34 heavy (non-hydrogen) atoms. The van der Waals surface area contributed by atoms with Gasteiger partial charge >= 0.3 is 11.9 Å². The molecule has 4 aliphatic rings. The van der Waals surface area contributed by atoms with Crippen LogP contribution in [0.15, 0.2) is 24.0 Å². The minimum absolute atomic E-state index is 0.184. The molecule has 184 valence electrons. The quantitative estimate of drug-likeness (QED) is 0.599. The molecule has 9 nitrogen and oxygen atoms in total. The number of nitrogens with zero attached hydrogens (tertiary/aromatic N) is 1. The highest BCUT2D eigenvalue weighted by atomic mass is 16.7. The molecule has 3 heterocycles. The van der Waals surface area contributed by atoms with Crippen LogP contribution in [0.1, 0.15) is 50.2 Å². The zero-order chi connectivity index (χ0) is 24.0. The SMILES string of the molecule is COC1=CC23CCCN2CCc2cc4c(cc2[C@@H]3C1OC(=O)C(CC(=O)O)OC(C)C)OCO4. The van der Waals surface area contributed by atoms with Gasteiger partial charge in [0.25, 0.3) is 0 Å². The highest BCUT2D eigenvalue weighted by Crippen LogP contribution is 2.55. The van der Waals surface area contributed by atoms with Crippen molar-refractivity contribution in [2.75, 3.05) is 27.0 Å². The number of methoxy groups -OCH3 is 1. The Hall–Kier alpha value is -2.78. The summed E-state index contributed by atoms with van der Waals surface area (Å²) < 4.78 is 28.7. The highest BCUT2D eigenvalue weighted by Gasteiger charge is 2.58. The predicted molar refractivity (Wildman–Crippen MR) is 120 cm³/mol. The van der Waals surface area contributed by atoms with Crippen LogP contribution in [0.25, 0.3) is 0 Å². The summed E-state index contributed by atoms with van der Waals surface area (Å²) in [6.45, 7) is 5.52. The van der Waals surface area contributed by atoms with E-state index in [1.54, 1.807) is 21.0 Å². The summed E-state index contributed by atoms with van der Waals surface area (Å²) in [5, 5.41) is 9.31. The van der Waals surface area contributed by atoms with Crippen molar-refractivity contribution in [3.8, 4) is 11.5 Å². The lowest BCUT2D eigenvalue weighted by molar-refractivity contribution is -0.170. The van der Waals surface area contributed by atoms with Crippen LogP contribution in [0.4, 0.5) is 0 Å². The van der Waals surface area contributed by atoms with Crippen LogP contribution in [0.5, 0.6) is 11.5 Å². The maximum atomic E-state index is 13.2. The normalized spacial score (nSPS) is 27.9. The average Bonchev–Trinajstić information content (AvgIpc) is 3.46. The van der Waals surface area contributed by atoms with Gasteiger partial charge in [-0.2, -0.15) is 0 Å². The second-order valence-electron chi connectivity index (χ2n) is 9.59. The van der Waals surface area contributed by atoms with Crippen molar-refractivity contribution in [3.05, 3.63) is 35.1 Å². The Labute approximate surface area is 198 Å². The van der Waals surface area contributed by atoms with Gasteiger partial charge in [-0.1, -0.05) is 0 Å². The first-order chi connectivity index (χ1) is 16.3. The van der Waals surface area contributed by atoms with E-state index in [0.29, 0.717) is 11.5 Å². The van der Waals surface area contributed by atoms with Crippen molar-refractivity contribution in [3.63, 3.8) is 0 Å². The maximum absolute atomic E-state index is 13.2. The second kappa shape index (κ2) is 8.78. The van der Waals surface area contributed by atoms with Crippen molar-refractivity contribution in [2.24, 2.45) is 0 Å². The standard InChI is InChI=1S/C25H31NO8/c1-14(2)33-19(11-21(27)28)24(29)34-23-20(30-3)12-25-6-4-7-26(25)8-5-15-9-17-18(32-13-31-17)10-16(15)22(23)25/h9-10,12,14,19,22-23H,4-8,11,13H2,1-3H3,(H,27,28)/t19?,22-,23?,25?/m1/s1. The van der Waals surface area contributed by atoms with Crippen LogP contribution in [-0.4, -0.2) is 72.8 Å². The van der Waals surface area contributed by atoms with Gasteiger partial charge in [-0.3, -0.25) is 9.69 Å². The van der Waals surface area contributed by atoms with Crippen LogP contribution in [0, 0.1) is 0 Å². The molecule has 1 fully saturated rings. The molecular weight excluding hydrogens is 442 g/mol. The number of ether oxygens (including phenoxy) is 5. The molecule has 1 saturated heterocycles. The number of carboxylic acids is 1. The number of hydrogen-bond acceptors (Lipinski definition) is 8. The van der Waals surface area contributed by atoms with Gasteiger partial charge < -0.3 is 28.8 Å². The first kappa shape index (κ1) is 23.0. The molecule has 0 aromatic heterocycles. The summed E-state index contributed by atoms with van der Waals surface area (Å²) in [6, 6.07) is 4.05. The number of rotatable bonds is 7. The molecule has 1 aromatic rings. The first-order valence-corrected chi connectivity index (χ1v) is 11.8. The van der Waals surface area contributed by atoms with Crippen LogP contribution in [0.3, 0.4) is 0 Å². The Morgan fingerprint density at radius 2 is 2.00 bits per heavy atom. The van der Waals surface area contributed by atoms with Gasteiger partial charge in [-0.05, 0) is 69.0 Å². The zero-order valence-electron chi connectivity index (χ0n) is 19.7. The zero-order valence-corrected chi connectivity index (χ0v) is 19.7. The molecule has 0 bridgehead atoms. The molecule has 1 spiro atoms. The summed E-state index contributed by atoms with van der Waals surface area (Å²) in [5.41, 5.74) is 1.83. The monoisotopic (exact) mass is 473 g/mol. The molecule has 3 unspecified atom stereocenters. The highest BCUT2D eigenvalue weighted by molar-refractivity contribution is 5.81. The Kier molecular flexibility index (Phi) is 5.93. The number of benzene rings is 1. The third-order valence-electron chi connectivity index (χ3n) is 7.27. The Bertz CT molecular complexity index is 1020. The van der Waals surface area contributed by atoms with E-state index >= 15 is 0 Å². The Balaban J connectivity index is 1.55. The lowest BCUT2D eigenvalue weighted by Gasteiger charge is -2.39. The summed E-state index contributed by atoms with van der Waals surface area (Å²) in [5.74, 6) is -0.0455. The first-order valence-electron chi connectivity index (χ1n) is 11.8. The molecule has 0 amide bonds. The minimum atomic E-state index is -1.20. The van der Waals surface area contributed by atoms with Crippen molar-refractivity contribution in [2.45, 2.75) is 69.3 Å². The van der Waals surface area contributed by atoms with E-state index < -0.39 is 30.6 Å². The lowest BCUT2D eigenvalue weighted by atomic mass is 9.77. The minimum Gasteiger partial charge on any atom is -0.497 e. The van der Waals surface area contributed by atoms with Crippen LogP contribution in [-0.2, 0) is 30.2 Å². The van der Waals surface area contributed by atoms with E-state index in [1.807, 2.05) is 12.1 Å². The van der Waals surface area contributed by atoms with Crippen molar-refractivity contribution in [1.82, 2.24) is 4.90 Å². The Morgan fingerprint density at radius 3 is 2.71 bits per heavy atom. The maximum Gasteiger partial charge on any atom is 0.336 e. The van der Waals surface area contributed by atoms with Gasteiger partial charge in [-0.25, -0.2) is 4.79 Å². The summed E-state index contributed by atoms with van der Waals surface area (Å²) in [6.07, 6.45) is 2.20. The fraction of sp³-hybridized carbons (Fsp3) is 0.600. The molecular formula is C25H31NO8. The van der Waals surface area contributed by atoms with E-state index in [0.717, 1.165) is 49.2 Å². The number of carbonyl (C=O) groups is 2.